The zero-order chi connectivity index (χ0) is 21.0. The van der Waals surface area contributed by atoms with Crippen LogP contribution in [0.15, 0.2) is 18.2 Å². The highest BCUT2D eigenvalue weighted by molar-refractivity contribution is 7.91. The number of amides is 1. The second-order valence-corrected chi connectivity index (χ2v) is 9.67. The van der Waals surface area contributed by atoms with Gasteiger partial charge in [-0.15, -0.1) is 0 Å². The fraction of sp³-hybridized carbons (Fsp3) is 0.600. The molecule has 0 bridgehead atoms. The third-order valence-corrected chi connectivity index (χ3v) is 7.00. The Labute approximate surface area is 171 Å². The second-order valence-electron chi connectivity index (χ2n) is 7.44. The van der Waals surface area contributed by atoms with Crippen LogP contribution in [0.25, 0.3) is 0 Å². The molecule has 0 spiro atoms. The van der Waals surface area contributed by atoms with Gasteiger partial charge in [0.25, 0.3) is 5.91 Å². The summed E-state index contributed by atoms with van der Waals surface area (Å²) in [5, 5.41) is 0. The first kappa shape index (κ1) is 21.4. The van der Waals surface area contributed by atoms with E-state index in [-0.39, 0.29) is 42.5 Å². The summed E-state index contributed by atoms with van der Waals surface area (Å²) in [7, 11) is 0.0158. The Hall–Kier alpha value is -2.29. The third kappa shape index (κ3) is 5.62. The van der Waals surface area contributed by atoms with Crippen LogP contribution in [0.1, 0.15) is 31.2 Å². The zero-order valence-electron chi connectivity index (χ0n) is 16.8. The van der Waals surface area contributed by atoms with Crippen molar-refractivity contribution in [2.45, 2.75) is 44.2 Å². The van der Waals surface area contributed by atoms with Crippen LogP contribution in [0.5, 0.6) is 11.5 Å². The standard InChI is InChI=1S/C20H27NO7S/c1-26-17-7-3-14(11-18(17)27-2)4-8-20(23)28-12-19(22)21(15-5-6-15)16-9-10-29(24,25)13-16/h3,7,11,15-16H,4-6,8-10,12-13H2,1-2H3/t16-/m0/s1. The molecule has 2 fully saturated rings. The number of aryl methyl sites for hydroxylation is 1. The number of esters is 1. The number of hydrogen-bond acceptors (Lipinski definition) is 7. The first-order valence-electron chi connectivity index (χ1n) is 9.71. The third-order valence-electron chi connectivity index (χ3n) is 5.25. The van der Waals surface area contributed by atoms with Crippen molar-refractivity contribution in [3.63, 3.8) is 0 Å². The van der Waals surface area contributed by atoms with E-state index in [1.165, 1.54) is 0 Å². The maximum Gasteiger partial charge on any atom is 0.306 e. The van der Waals surface area contributed by atoms with Gasteiger partial charge in [-0.05, 0) is 43.4 Å². The van der Waals surface area contributed by atoms with Crippen molar-refractivity contribution in [2.75, 3.05) is 32.3 Å². The summed E-state index contributed by atoms with van der Waals surface area (Å²) in [5.41, 5.74) is 0.890. The van der Waals surface area contributed by atoms with Gasteiger partial charge in [-0.25, -0.2) is 8.42 Å². The summed E-state index contributed by atoms with van der Waals surface area (Å²) in [5.74, 6) is 0.525. The van der Waals surface area contributed by atoms with Gasteiger partial charge in [0.15, 0.2) is 27.9 Å². The zero-order valence-corrected chi connectivity index (χ0v) is 17.6. The van der Waals surface area contributed by atoms with Gasteiger partial charge in [0.05, 0.1) is 25.7 Å². The molecular weight excluding hydrogens is 398 g/mol. The van der Waals surface area contributed by atoms with Crippen molar-refractivity contribution in [1.29, 1.82) is 0 Å². The molecule has 2 aliphatic rings. The number of carbonyl (C=O) groups excluding carboxylic acids is 2. The van der Waals surface area contributed by atoms with Crippen LogP contribution in [-0.2, 0) is 30.6 Å². The molecule has 0 N–H and O–H groups in total. The Morgan fingerprint density at radius 3 is 2.38 bits per heavy atom. The van der Waals surface area contributed by atoms with Crippen LogP contribution < -0.4 is 9.47 Å². The molecule has 0 aromatic heterocycles. The number of rotatable bonds is 9. The summed E-state index contributed by atoms with van der Waals surface area (Å²) < 4.78 is 39.1. The van der Waals surface area contributed by atoms with E-state index >= 15 is 0 Å². The number of benzene rings is 1. The first-order chi connectivity index (χ1) is 13.8. The van der Waals surface area contributed by atoms with Crippen LogP contribution in [0.3, 0.4) is 0 Å². The van der Waals surface area contributed by atoms with Crippen LogP contribution in [-0.4, -0.2) is 69.6 Å². The van der Waals surface area contributed by atoms with E-state index < -0.39 is 15.8 Å². The molecular formula is C20H27NO7S. The van der Waals surface area contributed by atoms with E-state index in [9.17, 15) is 18.0 Å². The van der Waals surface area contributed by atoms with Crippen molar-refractivity contribution in [2.24, 2.45) is 0 Å². The quantitative estimate of drug-likeness (QED) is 0.551. The largest absolute Gasteiger partial charge is 0.493 e. The maximum absolute atomic E-state index is 12.6. The smallest absolute Gasteiger partial charge is 0.306 e. The summed E-state index contributed by atoms with van der Waals surface area (Å²) in [4.78, 5) is 26.3. The minimum atomic E-state index is -3.08. The van der Waals surface area contributed by atoms with E-state index in [2.05, 4.69) is 0 Å². The summed E-state index contributed by atoms with van der Waals surface area (Å²) >= 11 is 0. The van der Waals surface area contributed by atoms with Crippen LogP contribution in [0.4, 0.5) is 0 Å². The van der Waals surface area contributed by atoms with Crippen molar-refractivity contribution < 1.29 is 32.2 Å². The molecule has 1 heterocycles. The fourth-order valence-electron chi connectivity index (χ4n) is 3.62. The molecule has 8 nitrogen and oxygen atoms in total. The van der Waals surface area contributed by atoms with Gasteiger partial charge < -0.3 is 19.1 Å². The SMILES string of the molecule is COc1ccc(CCC(=O)OCC(=O)N(C2CC2)[C@H]2CCS(=O)(=O)C2)cc1OC. The number of nitrogens with zero attached hydrogens (tertiary/aromatic N) is 1. The molecule has 3 rings (SSSR count). The van der Waals surface area contributed by atoms with Gasteiger partial charge in [-0.1, -0.05) is 6.07 Å². The topological polar surface area (TPSA) is 99.2 Å². The summed E-state index contributed by atoms with van der Waals surface area (Å²) in [6, 6.07) is 5.19. The molecule has 160 valence electrons. The minimum absolute atomic E-state index is 0.00247. The highest BCUT2D eigenvalue weighted by atomic mass is 32.2. The normalized spacial score (nSPS) is 20.1. The Morgan fingerprint density at radius 1 is 1.07 bits per heavy atom. The van der Waals surface area contributed by atoms with Gasteiger partial charge in [0.2, 0.25) is 0 Å². The number of methoxy groups -OCH3 is 2. The van der Waals surface area contributed by atoms with Gasteiger partial charge in [-0.3, -0.25) is 9.59 Å². The lowest BCUT2D eigenvalue weighted by atomic mass is 10.1. The Kier molecular flexibility index (Phi) is 6.66. The Bertz CT molecular complexity index is 864. The van der Waals surface area contributed by atoms with Gasteiger partial charge in [0, 0.05) is 18.5 Å². The van der Waals surface area contributed by atoms with Crippen LogP contribution in [0, 0.1) is 0 Å². The molecule has 1 aromatic carbocycles. The number of hydrogen-bond donors (Lipinski definition) is 0. The fourth-order valence-corrected chi connectivity index (χ4v) is 5.34. The van der Waals surface area contributed by atoms with Crippen molar-refractivity contribution in [1.82, 2.24) is 4.90 Å². The molecule has 1 atom stereocenters. The molecule has 1 saturated heterocycles. The van der Waals surface area contributed by atoms with E-state index in [0.717, 1.165) is 18.4 Å². The molecule has 0 unspecified atom stereocenters. The first-order valence-corrected chi connectivity index (χ1v) is 11.5. The number of sulfone groups is 1. The van der Waals surface area contributed by atoms with E-state index in [1.807, 2.05) is 6.07 Å². The molecule has 0 radical (unpaired) electrons. The van der Waals surface area contributed by atoms with Crippen molar-refractivity contribution in [3.8, 4) is 11.5 Å². The Morgan fingerprint density at radius 2 is 1.79 bits per heavy atom. The summed E-state index contributed by atoms with van der Waals surface area (Å²) in [6.45, 7) is -0.349. The highest BCUT2D eigenvalue weighted by Gasteiger charge is 2.42. The molecule has 1 aliphatic carbocycles. The van der Waals surface area contributed by atoms with Gasteiger partial charge >= 0.3 is 5.97 Å². The molecule has 1 aromatic rings. The molecule has 29 heavy (non-hydrogen) atoms. The second kappa shape index (κ2) is 9.02. The van der Waals surface area contributed by atoms with Crippen molar-refractivity contribution in [3.05, 3.63) is 23.8 Å². The highest BCUT2D eigenvalue weighted by Crippen LogP contribution is 2.32. The van der Waals surface area contributed by atoms with Gasteiger partial charge in [0.1, 0.15) is 0 Å². The summed E-state index contributed by atoms with van der Waals surface area (Å²) in [6.07, 6.45) is 2.77. The lowest BCUT2D eigenvalue weighted by molar-refractivity contribution is -0.153. The van der Waals surface area contributed by atoms with Crippen molar-refractivity contribution >= 4 is 21.7 Å². The monoisotopic (exact) mass is 425 g/mol. The molecule has 1 saturated carbocycles. The molecule has 1 aliphatic heterocycles. The van der Waals surface area contributed by atoms with E-state index in [4.69, 9.17) is 14.2 Å². The lowest BCUT2D eigenvalue weighted by Crippen LogP contribution is -2.44. The molecule has 9 heteroatoms. The molecule has 1 amide bonds. The predicted molar refractivity (Wildman–Crippen MR) is 106 cm³/mol. The lowest BCUT2D eigenvalue weighted by Gasteiger charge is -2.28. The average molecular weight is 426 g/mol. The van der Waals surface area contributed by atoms with Gasteiger partial charge in [-0.2, -0.15) is 0 Å². The van der Waals surface area contributed by atoms with E-state index in [0.29, 0.717) is 24.3 Å². The van der Waals surface area contributed by atoms with Crippen LogP contribution >= 0.6 is 0 Å². The predicted octanol–water partition coefficient (Wildman–Crippen LogP) is 1.36. The average Bonchev–Trinajstić information content (AvgIpc) is 3.47. The number of carbonyl (C=O) groups is 2. The number of ether oxygens (including phenoxy) is 3. The Balaban J connectivity index is 1.49. The van der Waals surface area contributed by atoms with Crippen LogP contribution in [0.2, 0.25) is 0 Å². The maximum atomic E-state index is 12.6. The van der Waals surface area contributed by atoms with E-state index in [1.54, 1.807) is 31.3 Å². The minimum Gasteiger partial charge on any atom is -0.493 e.